The summed E-state index contributed by atoms with van der Waals surface area (Å²) >= 11 is 0. The van der Waals surface area contributed by atoms with Crippen molar-refractivity contribution in [1.29, 1.82) is 0 Å². The van der Waals surface area contributed by atoms with E-state index in [-0.39, 0.29) is 18.4 Å². The van der Waals surface area contributed by atoms with E-state index in [1.165, 1.54) is 27.8 Å². The third kappa shape index (κ3) is 3.87. The molecule has 0 unspecified atom stereocenters. The summed E-state index contributed by atoms with van der Waals surface area (Å²) in [4.78, 5) is 14.4. The number of carbonyl (C=O) groups excluding carboxylic acids is 1. The van der Waals surface area contributed by atoms with Crippen molar-refractivity contribution >= 4 is 5.91 Å². The fourth-order valence-electron chi connectivity index (χ4n) is 4.38. The van der Waals surface area contributed by atoms with E-state index >= 15 is 0 Å². The van der Waals surface area contributed by atoms with Crippen molar-refractivity contribution in [2.75, 3.05) is 26.3 Å². The van der Waals surface area contributed by atoms with Crippen LogP contribution in [0, 0.1) is 0 Å². The van der Waals surface area contributed by atoms with Crippen LogP contribution in [-0.4, -0.2) is 48.5 Å². The Labute approximate surface area is 176 Å². The number of unbranched alkanes of at least 4 members (excludes halogenated alkanes) is 1. The molecule has 0 aromatic heterocycles. The van der Waals surface area contributed by atoms with Crippen molar-refractivity contribution in [3.8, 4) is 11.1 Å². The second kappa shape index (κ2) is 8.25. The van der Waals surface area contributed by atoms with Crippen molar-refractivity contribution in [2.24, 2.45) is 0 Å². The molecule has 1 saturated heterocycles. The molecular weight excluding hydrogens is 378 g/mol. The molecule has 2 heterocycles. The Hall–Kier alpha value is -2.63. The zero-order valence-electron chi connectivity index (χ0n) is 17.0. The monoisotopic (exact) mass is 405 g/mol. The van der Waals surface area contributed by atoms with Crippen molar-refractivity contribution in [3.63, 3.8) is 0 Å². The number of fused-ring (bicyclic) bond motifs is 3. The zero-order valence-corrected chi connectivity index (χ0v) is 17.0. The first kappa shape index (κ1) is 19.3. The highest BCUT2D eigenvalue weighted by Crippen LogP contribution is 2.40. The van der Waals surface area contributed by atoms with Gasteiger partial charge in [-0.25, -0.2) is 0 Å². The molecule has 1 N–H and O–H groups in total. The van der Waals surface area contributed by atoms with Gasteiger partial charge < -0.3 is 19.5 Å². The first-order valence-corrected chi connectivity index (χ1v) is 10.8. The summed E-state index contributed by atoms with van der Waals surface area (Å²) in [5.74, 6) is 0.437. The lowest BCUT2D eigenvalue weighted by Crippen LogP contribution is -2.29. The molecule has 2 aromatic rings. The fourth-order valence-corrected chi connectivity index (χ4v) is 4.38. The minimum Gasteiger partial charge on any atom is -0.459 e. The summed E-state index contributed by atoms with van der Waals surface area (Å²) in [5, 5.41) is 8.97. The van der Waals surface area contributed by atoms with Gasteiger partial charge in [-0.15, -0.1) is 0 Å². The molecule has 3 aliphatic rings. The van der Waals surface area contributed by atoms with Gasteiger partial charge in [0.25, 0.3) is 5.91 Å². The average molecular weight is 405 g/mol. The maximum absolute atomic E-state index is 12.6. The van der Waals surface area contributed by atoms with Crippen LogP contribution in [0.25, 0.3) is 11.1 Å². The van der Waals surface area contributed by atoms with E-state index in [2.05, 4.69) is 42.5 Å². The normalized spacial score (nSPS) is 21.5. The molecule has 1 aliphatic carbocycles. The van der Waals surface area contributed by atoms with Gasteiger partial charge in [-0.2, -0.15) is 0 Å². The van der Waals surface area contributed by atoms with E-state index in [9.17, 15) is 4.79 Å². The number of hydrogen-bond donors (Lipinski definition) is 1. The Balaban J connectivity index is 1.38. The zero-order chi connectivity index (χ0) is 20.5. The summed E-state index contributed by atoms with van der Waals surface area (Å²) in [5.41, 5.74) is 6.54. The van der Waals surface area contributed by atoms with Gasteiger partial charge in [-0.05, 0) is 53.2 Å². The van der Waals surface area contributed by atoms with Gasteiger partial charge in [0.15, 0.2) is 5.76 Å². The number of amides is 1. The summed E-state index contributed by atoms with van der Waals surface area (Å²) in [6.45, 7) is 2.27. The minimum absolute atomic E-state index is 0.0442. The van der Waals surface area contributed by atoms with Gasteiger partial charge in [0.1, 0.15) is 0 Å². The van der Waals surface area contributed by atoms with Gasteiger partial charge in [-0.1, -0.05) is 42.5 Å². The molecule has 0 saturated carbocycles. The van der Waals surface area contributed by atoms with Gasteiger partial charge >= 0.3 is 0 Å². The minimum atomic E-state index is -0.442. The molecule has 5 nitrogen and oxygen atoms in total. The van der Waals surface area contributed by atoms with E-state index < -0.39 is 6.29 Å². The fraction of sp³-hybridized carbons (Fsp3) is 0.400. The van der Waals surface area contributed by atoms with E-state index in [4.69, 9.17) is 14.6 Å². The molecule has 5 heteroatoms. The summed E-state index contributed by atoms with van der Waals surface area (Å²) in [7, 11) is 0. The van der Waals surface area contributed by atoms with Gasteiger partial charge in [-0.3, -0.25) is 4.79 Å². The lowest BCUT2D eigenvalue weighted by atomic mass is 9.90. The molecule has 2 atom stereocenters. The molecule has 1 fully saturated rings. The van der Waals surface area contributed by atoms with Crippen LogP contribution in [0.4, 0.5) is 0 Å². The molecule has 156 valence electrons. The quantitative estimate of drug-likeness (QED) is 0.482. The van der Waals surface area contributed by atoms with Crippen molar-refractivity contribution in [3.05, 3.63) is 71.0 Å². The lowest BCUT2D eigenvalue weighted by Gasteiger charge is -2.29. The predicted octanol–water partition coefficient (Wildman–Crippen LogP) is 3.60. The Morgan fingerprint density at radius 3 is 2.77 bits per heavy atom. The van der Waals surface area contributed by atoms with Crippen molar-refractivity contribution in [1.82, 2.24) is 4.90 Å². The number of aliphatic hydroxyl groups is 1. The van der Waals surface area contributed by atoms with E-state index in [1.54, 1.807) is 4.90 Å². The highest BCUT2D eigenvalue weighted by atomic mass is 16.7. The van der Waals surface area contributed by atoms with Crippen LogP contribution in [0.1, 0.15) is 41.9 Å². The SMILES string of the molecule is O=C(C1=C[C@@H](c2ccc3c(c2)Cc2ccccc2-3)C[C@@H](OCCCCO)O1)N1CC1. The highest BCUT2D eigenvalue weighted by molar-refractivity contribution is 5.93. The molecule has 30 heavy (non-hydrogen) atoms. The summed E-state index contributed by atoms with van der Waals surface area (Å²) in [6.07, 6.45) is 4.64. The van der Waals surface area contributed by atoms with Crippen LogP contribution in [-0.2, 0) is 20.7 Å². The first-order chi connectivity index (χ1) is 14.7. The third-order valence-corrected chi connectivity index (χ3v) is 6.10. The molecule has 0 spiro atoms. The molecule has 2 aromatic carbocycles. The predicted molar refractivity (Wildman–Crippen MR) is 114 cm³/mol. The second-order valence-electron chi connectivity index (χ2n) is 8.26. The van der Waals surface area contributed by atoms with Gasteiger partial charge in [0, 0.05) is 32.0 Å². The number of rotatable bonds is 7. The number of benzene rings is 2. The van der Waals surface area contributed by atoms with E-state index in [0.29, 0.717) is 25.2 Å². The highest BCUT2D eigenvalue weighted by Gasteiger charge is 2.34. The average Bonchev–Trinajstić information content (AvgIpc) is 3.56. The third-order valence-electron chi connectivity index (χ3n) is 6.10. The van der Waals surface area contributed by atoms with Crippen LogP contribution >= 0.6 is 0 Å². The molecule has 0 radical (unpaired) electrons. The van der Waals surface area contributed by atoms with Crippen molar-refractivity contribution in [2.45, 2.75) is 37.9 Å². The Bertz CT molecular complexity index is 979. The number of allylic oxidation sites excluding steroid dienone is 1. The summed E-state index contributed by atoms with van der Waals surface area (Å²) < 4.78 is 11.8. The molecular formula is C25H27NO4. The molecule has 2 aliphatic heterocycles. The Morgan fingerprint density at radius 2 is 1.93 bits per heavy atom. The molecule has 0 bridgehead atoms. The number of aliphatic hydroxyl groups excluding tert-OH is 1. The van der Waals surface area contributed by atoms with Crippen LogP contribution in [0.15, 0.2) is 54.3 Å². The maximum atomic E-state index is 12.6. The first-order valence-electron chi connectivity index (χ1n) is 10.8. The number of hydrogen-bond acceptors (Lipinski definition) is 4. The number of ether oxygens (including phenoxy) is 2. The second-order valence-corrected chi connectivity index (χ2v) is 8.26. The van der Waals surface area contributed by atoms with Crippen LogP contribution in [0.2, 0.25) is 0 Å². The van der Waals surface area contributed by atoms with Gasteiger partial charge in [0.2, 0.25) is 6.29 Å². The molecule has 5 rings (SSSR count). The number of nitrogens with zero attached hydrogens (tertiary/aromatic N) is 1. The smallest absolute Gasteiger partial charge is 0.288 e. The maximum Gasteiger partial charge on any atom is 0.288 e. The summed E-state index contributed by atoms with van der Waals surface area (Å²) in [6, 6.07) is 15.2. The standard InChI is InChI=1S/C25H27NO4/c27-11-3-4-12-29-24-16-19(15-23(30-24)25(28)26-9-10-26)17-7-8-22-20(13-17)14-18-5-1-2-6-21(18)22/h1-2,5-8,13,15,19,24,27H,3-4,9-12,14,16H2/t19-,24+/m1/s1. The van der Waals surface area contributed by atoms with Gasteiger partial charge in [0.05, 0.1) is 6.61 Å². The van der Waals surface area contributed by atoms with Crippen LogP contribution in [0.5, 0.6) is 0 Å². The lowest BCUT2D eigenvalue weighted by molar-refractivity contribution is -0.149. The van der Waals surface area contributed by atoms with Crippen LogP contribution < -0.4 is 0 Å². The molecule has 1 amide bonds. The van der Waals surface area contributed by atoms with E-state index in [0.717, 1.165) is 25.9 Å². The van der Waals surface area contributed by atoms with Crippen LogP contribution in [0.3, 0.4) is 0 Å². The Morgan fingerprint density at radius 1 is 1.10 bits per heavy atom. The topological polar surface area (TPSA) is 58.8 Å². The van der Waals surface area contributed by atoms with E-state index in [1.807, 2.05) is 6.08 Å². The largest absolute Gasteiger partial charge is 0.459 e. The number of carbonyl (C=O) groups is 1. The Kier molecular flexibility index (Phi) is 5.32. The van der Waals surface area contributed by atoms with Crippen molar-refractivity contribution < 1.29 is 19.4 Å².